The number of hydrogen-bond acceptors (Lipinski definition) is 4. The van der Waals surface area contributed by atoms with Gasteiger partial charge < -0.3 is 0 Å². The van der Waals surface area contributed by atoms with Crippen LogP contribution in [0.5, 0.6) is 0 Å². The number of nitriles is 1. The van der Waals surface area contributed by atoms with Crippen molar-refractivity contribution in [2.75, 3.05) is 18.6 Å². The smallest absolute Gasteiger partial charge is 0.207 e. The fourth-order valence-electron chi connectivity index (χ4n) is 1.94. The van der Waals surface area contributed by atoms with Gasteiger partial charge in [0.1, 0.15) is 6.07 Å². The second-order valence-electron chi connectivity index (χ2n) is 4.15. The lowest BCUT2D eigenvalue weighted by Gasteiger charge is -2.23. The summed E-state index contributed by atoms with van der Waals surface area (Å²) in [5.74, 6) is 1.81. The Kier molecular flexibility index (Phi) is 3.95. The maximum atomic E-state index is 12.5. The average molecular weight is 282 g/mol. The molecule has 1 aromatic rings. The Morgan fingerprint density at radius 2 is 2.17 bits per heavy atom. The van der Waals surface area contributed by atoms with Gasteiger partial charge in [-0.3, -0.25) is 0 Å². The van der Waals surface area contributed by atoms with E-state index in [0.717, 1.165) is 17.9 Å². The fourth-order valence-corrected chi connectivity index (χ4v) is 4.83. The van der Waals surface area contributed by atoms with Crippen LogP contribution in [0.3, 0.4) is 0 Å². The van der Waals surface area contributed by atoms with Crippen molar-refractivity contribution in [3.63, 3.8) is 0 Å². The van der Waals surface area contributed by atoms with E-state index in [9.17, 15) is 8.42 Å². The van der Waals surface area contributed by atoms with E-state index in [2.05, 4.69) is 0 Å². The third kappa shape index (κ3) is 2.39. The lowest BCUT2D eigenvalue weighted by Crippen LogP contribution is -2.37. The quantitative estimate of drug-likeness (QED) is 0.846. The molecule has 1 unspecified atom stereocenters. The van der Waals surface area contributed by atoms with Crippen LogP contribution < -0.4 is 0 Å². The molecule has 1 aliphatic heterocycles. The highest BCUT2D eigenvalue weighted by atomic mass is 32.2. The second kappa shape index (κ2) is 5.31. The number of thioether (sulfide) groups is 1. The maximum Gasteiger partial charge on any atom is 0.244 e. The minimum absolute atomic E-state index is 0.0340. The molecule has 1 saturated heterocycles. The maximum absolute atomic E-state index is 12.5. The molecule has 2 rings (SSSR count). The van der Waals surface area contributed by atoms with Crippen LogP contribution in [-0.4, -0.2) is 37.3 Å². The van der Waals surface area contributed by atoms with Gasteiger partial charge in [0, 0.05) is 18.8 Å². The van der Waals surface area contributed by atoms with Crippen LogP contribution in [0, 0.1) is 11.3 Å². The van der Waals surface area contributed by atoms with Crippen molar-refractivity contribution < 1.29 is 8.42 Å². The monoisotopic (exact) mass is 282 g/mol. The molecule has 0 radical (unpaired) electrons. The van der Waals surface area contributed by atoms with Gasteiger partial charge >= 0.3 is 0 Å². The molecule has 18 heavy (non-hydrogen) atoms. The summed E-state index contributed by atoms with van der Waals surface area (Å²) >= 11 is 1.76. The third-order valence-corrected chi connectivity index (χ3v) is 6.20. The van der Waals surface area contributed by atoms with E-state index in [0.29, 0.717) is 0 Å². The predicted molar refractivity (Wildman–Crippen MR) is 71.8 cm³/mol. The van der Waals surface area contributed by atoms with Crippen LogP contribution in [0.4, 0.5) is 0 Å². The van der Waals surface area contributed by atoms with Crippen molar-refractivity contribution in [3.05, 3.63) is 29.8 Å². The molecule has 0 aliphatic carbocycles. The van der Waals surface area contributed by atoms with Gasteiger partial charge in [0.15, 0.2) is 0 Å². The van der Waals surface area contributed by atoms with Crippen LogP contribution in [0.1, 0.15) is 12.0 Å². The molecule has 0 saturated carbocycles. The lowest BCUT2D eigenvalue weighted by atomic mass is 10.2. The molecule has 1 fully saturated rings. The Labute approximate surface area is 112 Å². The fraction of sp³-hybridized carbons (Fsp3) is 0.417. The van der Waals surface area contributed by atoms with Gasteiger partial charge in [-0.2, -0.15) is 21.3 Å². The number of hydrogen-bond donors (Lipinski definition) is 0. The van der Waals surface area contributed by atoms with Crippen molar-refractivity contribution in [1.82, 2.24) is 4.31 Å². The van der Waals surface area contributed by atoms with Crippen LogP contribution in [-0.2, 0) is 10.0 Å². The van der Waals surface area contributed by atoms with E-state index in [1.165, 1.54) is 16.4 Å². The zero-order chi connectivity index (χ0) is 13.2. The van der Waals surface area contributed by atoms with E-state index < -0.39 is 10.0 Å². The van der Waals surface area contributed by atoms with Gasteiger partial charge in [0.25, 0.3) is 0 Å². The summed E-state index contributed by atoms with van der Waals surface area (Å²) in [5, 5.41) is 8.99. The largest absolute Gasteiger partial charge is 0.244 e. The minimum Gasteiger partial charge on any atom is -0.207 e. The van der Waals surface area contributed by atoms with Crippen LogP contribution in [0.2, 0.25) is 0 Å². The summed E-state index contributed by atoms with van der Waals surface area (Å²) in [4.78, 5) is 0.104. The molecule has 1 aromatic carbocycles. The Balaban J connectivity index is 2.39. The predicted octanol–water partition coefficient (Wildman–Crippen LogP) is 1.68. The van der Waals surface area contributed by atoms with Crippen molar-refractivity contribution >= 4 is 21.8 Å². The average Bonchev–Trinajstić information content (AvgIpc) is 2.91. The number of sulfonamides is 1. The van der Waals surface area contributed by atoms with Gasteiger partial charge in [0.05, 0.1) is 10.5 Å². The summed E-state index contributed by atoms with van der Waals surface area (Å²) in [6.07, 6.45) is 0.870. The third-order valence-electron chi connectivity index (χ3n) is 3.08. The van der Waals surface area contributed by atoms with Gasteiger partial charge in [-0.15, -0.1) is 0 Å². The van der Waals surface area contributed by atoms with Crippen molar-refractivity contribution in [2.45, 2.75) is 17.4 Å². The van der Waals surface area contributed by atoms with E-state index in [1.54, 1.807) is 30.9 Å². The molecule has 96 valence electrons. The van der Waals surface area contributed by atoms with Crippen molar-refractivity contribution in [1.29, 1.82) is 5.26 Å². The van der Waals surface area contributed by atoms with Gasteiger partial charge in [-0.25, -0.2) is 8.42 Å². The molecule has 0 spiro atoms. The molecule has 0 N–H and O–H groups in total. The lowest BCUT2D eigenvalue weighted by molar-refractivity contribution is 0.394. The molecule has 6 heteroatoms. The second-order valence-corrected chi connectivity index (χ2v) is 7.26. The molecule has 0 aromatic heterocycles. The minimum atomic E-state index is -3.57. The highest BCUT2D eigenvalue weighted by Crippen LogP contribution is 2.27. The molecule has 0 amide bonds. The van der Waals surface area contributed by atoms with E-state index in [4.69, 9.17) is 5.26 Å². The normalized spacial score (nSPS) is 19.9. The number of rotatable bonds is 3. The molecule has 1 aliphatic rings. The highest BCUT2D eigenvalue weighted by Gasteiger charge is 2.31. The van der Waals surface area contributed by atoms with E-state index in [-0.39, 0.29) is 16.5 Å². The SMILES string of the molecule is CN(C1CCSC1)S(=O)(=O)c1ccccc1C#N. The first kappa shape index (κ1) is 13.4. The first-order chi connectivity index (χ1) is 8.57. The molecular formula is C12H14N2O2S2. The zero-order valence-electron chi connectivity index (χ0n) is 10.0. The summed E-state index contributed by atoms with van der Waals surface area (Å²) in [6.45, 7) is 0. The first-order valence-electron chi connectivity index (χ1n) is 5.62. The molecule has 1 atom stereocenters. The van der Waals surface area contributed by atoms with Crippen LogP contribution in [0.25, 0.3) is 0 Å². The Bertz CT molecular complexity index is 572. The summed E-state index contributed by atoms with van der Waals surface area (Å²) < 4.78 is 26.3. The molecule has 4 nitrogen and oxygen atoms in total. The highest BCUT2D eigenvalue weighted by molar-refractivity contribution is 7.99. The molecule has 1 heterocycles. The van der Waals surface area contributed by atoms with Gasteiger partial charge in [0.2, 0.25) is 10.0 Å². The van der Waals surface area contributed by atoms with Gasteiger partial charge in [-0.1, -0.05) is 12.1 Å². The Morgan fingerprint density at radius 1 is 1.44 bits per heavy atom. The van der Waals surface area contributed by atoms with E-state index >= 15 is 0 Å². The standard InChI is InChI=1S/C12H14N2O2S2/c1-14(11-6-7-17-9-11)18(15,16)12-5-3-2-4-10(12)8-13/h2-5,11H,6-7,9H2,1H3. The molecule has 0 bridgehead atoms. The number of nitrogens with zero attached hydrogens (tertiary/aromatic N) is 2. The van der Waals surface area contributed by atoms with Crippen LogP contribution >= 0.6 is 11.8 Å². The van der Waals surface area contributed by atoms with Crippen molar-refractivity contribution in [2.24, 2.45) is 0 Å². The Hall–Kier alpha value is -1.03. The van der Waals surface area contributed by atoms with Crippen molar-refractivity contribution in [3.8, 4) is 6.07 Å². The Morgan fingerprint density at radius 3 is 2.78 bits per heavy atom. The van der Waals surface area contributed by atoms with Gasteiger partial charge in [-0.05, 0) is 24.3 Å². The first-order valence-corrected chi connectivity index (χ1v) is 8.22. The molecular weight excluding hydrogens is 268 g/mol. The van der Waals surface area contributed by atoms with E-state index in [1.807, 2.05) is 6.07 Å². The number of benzene rings is 1. The zero-order valence-corrected chi connectivity index (χ0v) is 11.7. The van der Waals surface area contributed by atoms with Crippen LogP contribution in [0.15, 0.2) is 29.2 Å². The summed E-state index contributed by atoms with van der Waals surface area (Å²) in [6, 6.07) is 8.31. The topological polar surface area (TPSA) is 61.2 Å². The summed E-state index contributed by atoms with van der Waals surface area (Å²) in [5.41, 5.74) is 0.204. The summed E-state index contributed by atoms with van der Waals surface area (Å²) in [7, 11) is -1.97.